The molecule has 2 aromatic carbocycles. The van der Waals surface area contributed by atoms with Crippen molar-refractivity contribution in [2.75, 3.05) is 11.1 Å². The second-order valence-electron chi connectivity index (χ2n) is 7.40. The molecule has 0 aliphatic carbocycles. The number of carbonyl (C=O) groups is 3. The maximum atomic E-state index is 12.6. The Morgan fingerprint density at radius 1 is 1.25 bits per heavy atom. The molecule has 0 aromatic heterocycles. The lowest BCUT2D eigenvalue weighted by Crippen LogP contribution is -2.48. The zero-order valence-electron chi connectivity index (χ0n) is 15.8. The predicted octanol–water partition coefficient (Wildman–Crippen LogP) is 3.16. The van der Waals surface area contributed by atoms with Crippen molar-refractivity contribution in [1.29, 1.82) is 0 Å². The summed E-state index contributed by atoms with van der Waals surface area (Å²) in [5.74, 6) is -0.444. The van der Waals surface area contributed by atoms with E-state index in [1.807, 2.05) is 49.4 Å². The van der Waals surface area contributed by atoms with Crippen LogP contribution >= 0.6 is 11.8 Å². The molecule has 1 N–H and O–H groups in total. The van der Waals surface area contributed by atoms with Gasteiger partial charge < -0.3 is 15.0 Å². The van der Waals surface area contributed by atoms with E-state index in [1.165, 1.54) is 0 Å². The fraction of sp³-hybridized carbons (Fsp3) is 0.381. The maximum Gasteiger partial charge on any atom is 0.330 e. The van der Waals surface area contributed by atoms with Crippen LogP contribution in [0.5, 0.6) is 0 Å². The molecule has 146 valence electrons. The highest BCUT2D eigenvalue weighted by Gasteiger charge is 2.53. The van der Waals surface area contributed by atoms with Crippen LogP contribution in [0.15, 0.2) is 42.5 Å². The first-order valence-corrected chi connectivity index (χ1v) is 10.3. The van der Waals surface area contributed by atoms with Gasteiger partial charge in [0.05, 0.1) is 4.87 Å². The maximum absolute atomic E-state index is 12.6. The molecule has 0 radical (unpaired) electrons. The van der Waals surface area contributed by atoms with Crippen molar-refractivity contribution >= 4 is 46.0 Å². The molecule has 2 heterocycles. The number of carbonyl (C=O) groups excluding carboxylic acids is 3. The highest BCUT2D eigenvalue weighted by atomic mass is 32.2. The lowest BCUT2D eigenvalue weighted by Gasteiger charge is -2.29. The van der Waals surface area contributed by atoms with Gasteiger partial charge in [0.1, 0.15) is 6.04 Å². The van der Waals surface area contributed by atoms with Gasteiger partial charge in [-0.2, -0.15) is 0 Å². The molecule has 7 heteroatoms. The van der Waals surface area contributed by atoms with Crippen molar-refractivity contribution in [2.24, 2.45) is 0 Å². The Hall–Kier alpha value is -2.54. The Morgan fingerprint density at radius 3 is 2.79 bits per heavy atom. The number of anilines is 1. The minimum atomic E-state index is -0.950. The van der Waals surface area contributed by atoms with Gasteiger partial charge in [-0.15, -0.1) is 11.8 Å². The van der Waals surface area contributed by atoms with Gasteiger partial charge in [0.2, 0.25) is 5.91 Å². The van der Waals surface area contributed by atoms with E-state index in [0.717, 1.165) is 17.2 Å². The van der Waals surface area contributed by atoms with Crippen LogP contribution in [0.4, 0.5) is 5.69 Å². The zero-order valence-corrected chi connectivity index (χ0v) is 16.6. The minimum Gasteiger partial charge on any atom is -0.451 e. The fourth-order valence-electron chi connectivity index (χ4n) is 3.81. The van der Waals surface area contributed by atoms with Crippen LogP contribution in [0, 0.1) is 0 Å². The average Bonchev–Trinajstić information content (AvgIpc) is 3.17. The number of nitrogens with zero attached hydrogens (tertiary/aromatic N) is 1. The van der Waals surface area contributed by atoms with E-state index in [2.05, 4.69) is 5.32 Å². The third kappa shape index (κ3) is 3.35. The van der Waals surface area contributed by atoms with Crippen LogP contribution in [-0.2, 0) is 19.1 Å². The lowest BCUT2D eigenvalue weighted by atomic mass is 10.1. The first-order valence-electron chi connectivity index (χ1n) is 9.34. The van der Waals surface area contributed by atoms with Crippen LogP contribution in [0.3, 0.4) is 0 Å². The topological polar surface area (TPSA) is 75.7 Å². The molecule has 0 saturated carbocycles. The summed E-state index contributed by atoms with van der Waals surface area (Å²) in [5.41, 5.74) is 0.644. The molecule has 0 unspecified atom stereocenters. The second kappa shape index (κ2) is 7.13. The van der Waals surface area contributed by atoms with E-state index in [1.54, 1.807) is 23.6 Å². The van der Waals surface area contributed by atoms with Crippen molar-refractivity contribution in [3.63, 3.8) is 0 Å². The summed E-state index contributed by atoms with van der Waals surface area (Å²) in [6, 6.07) is 12.9. The summed E-state index contributed by atoms with van der Waals surface area (Å²) in [5, 5.41) is 4.88. The Morgan fingerprint density at radius 2 is 2.00 bits per heavy atom. The van der Waals surface area contributed by atoms with Gasteiger partial charge in [0.15, 0.2) is 6.10 Å². The van der Waals surface area contributed by atoms with Gasteiger partial charge in [-0.05, 0) is 43.2 Å². The first kappa shape index (κ1) is 18.8. The zero-order chi connectivity index (χ0) is 19.9. The molecule has 2 saturated heterocycles. The monoisotopic (exact) mass is 398 g/mol. The molecule has 2 fully saturated rings. The van der Waals surface area contributed by atoms with E-state index in [9.17, 15) is 14.4 Å². The molecule has 0 spiro atoms. The SMILES string of the molecule is C[C@@H](OC(=O)[C@H]1CS[C@@]2(C)CCC(=O)N12)C(=O)Nc1ccc2ccccc2c1. The van der Waals surface area contributed by atoms with Gasteiger partial charge >= 0.3 is 5.97 Å². The van der Waals surface area contributed by atoms with E-state index >= 15 is 0 Å². The highest BCUT2D eigenvalue weighted by Crippen LogP contribution is 2.47. The summed E-state index contributed by atoms with van der Waals surface area (Å²) in [6.07, 6.45) is 0.234. The van der Waals surface area contributed by atoms with Gasteiger partial charge in [0.25, 0.3) is 5.91 Å². The average molecular weight is 398 g/mol. The standard InChI is InChI=1S/C21H22N2O4S/c1-13(19(25)22-16-8-7-14-5-3-4-6-15(14)11-16)27-20(26)17-12-28-21(2)10-9-18(24)23(17)21/h3-8,11,13,17H,9-10,12H2,1-2H3,(H,22,25)/t13-,17-,21+/m1/s1. The van der Waals surface area contributed by atoms with Crippen LogP contribution in [0.2, 0.25) is 0 Å². The van der Waals surface area contributed by atoms with Gasteiger partial charge in [-0.25, -0.2) is 4.79 Å². The Balaban J connectivity index is 1.40. The van der Waals surface area contributed by atoms with Crippen molar-refractivity contribution < 1.29 is 19.1 Å². The number of amides is 2. The third-order valence-corrected chi connectivity index (χ3v) is 6.90. The van der Waals surface area contributed by atoms with Gasteiger partial charge in [0, 0.05) is 17.9 Å². The summed E-state index contributed by atoms with van der Waals surface area (Å²) in [6.45, 7) is 3.52. The number of esters is 1. The highest BCUT2D eigenvalue weighted by molar-refractivity contribution is 8.01. The largest absolute Gasteiger partial charge is 0.451 e. The first-order chi connectivity index (χ1) is 13.4. The number of hydrogen-bond acceptors (Lipinski definition) is 5. The molecule has 2 aliphatic heterocycles. The number of thioether (sulfide) groups is 1. The summed E-state index contributed by atoms with van der Waals surface area (Å²) in [4.78, 5) is 38.6. The van der Waals surface area contributed by atoms with Crippen molar-refractivity contribution in [1.82, 2.24) is 4.90 Å². The van der Waals surface area contributed by atoms with E-state index in [0.29, 0.717) is 17.9 Å². The molecular weight excluding hydrogens is 376 g/mol. The summed E-state index contributed by atoms with van der Waals surface area (Å²) in [7, 11) is 0. The van der Waals surface area contributed by atoms with Crippen LogP contribution in [0.1, 0.15) is 26.7 Å². The molecule has 2 amide bonds. The molecule has 3 atom stereocenters. The lowest BCUT2D eigenvalue weighted by molar-refractivity contribution is -0.160. The van der Waals surface area contributed by atoms with Crippen molar-refractivity contribution in [2.45, 2.75) is 43.7 Å². The number of hydrogen-bond donors (Lipinski definition) is 1. The molecule has 2 aliphatic rings. The third-order valence-electron chi connectivity index (χ3n) is 5.40. The van der Waals surface area contributed by atoms with Crippen molar-refractivity contribution in [3.8, 4) is 0 Å². The van der Waals surface area contributed by atoms with Crippen LogP contribution < -0.4 is 5.32 Å². The number of nitrogens with one attached hydrogen (secondary N) is 1. The minimum absolute atomic E-state index is 0.0253. The van der Waals surface area contributed by atoms with Crippen LogP contribution in [-0.4, -0.2) is 45.5 Å². The van der Waals surface area contributed by atoms with Gasteiger partial charge in [-0.1, -0.05) is 30.3 Å². The summed E-state index contributed by atoms with van der Waals surface area (Å²) >= 11 is 1.60. The molecule has 0 bridgehead atoms. The van der Waals surface area contributed by atoms with Crippen molar-refractivity contribution in [3.05, 3.63) is 42.5 Å². The number of ether oxygens (including phenoxy) is 1. The van der Waals surface area contributed by atoms with E-state index in [4.69, 9.17) is 4.74 Å². The van der Waals surface area contributed by atoms with Crippen LogP contribution in [0.25, 0.3) is 10.8 Å². The normalized spacial score (nSPS) is 24.9. The van der Waals surface area contributed by atoms with Gasteiger partial charge in [-0.3, -0.25) is 9.59 Å². The number of rotatable bonds is 4. The Labute approximate surface area is 167 Å². The smallest absolute Gasteiger partial charge is 0.330 e. The molecular formula is C21H22N2O4S. The molecule has 6 nitrogen and oxygen atoms in total. The van der Waals surface area contributed by atoms with E-state index < -0.39 is 24.0 Å². The Kier molecular flexibility index (Phi) is 4.79. The Bertz CT molecular complexity index is 962. The molecule has 28 heavy (non-hydrogen) atoms. The predicted molar refractivity (Wildman–Crippen MR) is 109 cm³/mol. The quantitative estimate of drug-likeness (QED) is 0.801. The van der Waals surface area contributed by atoms with E-state index in [-0.39, 0.29) is 10.8 Å². The molecule has 2 aromatic rings. The summed E-state index contributed by atoms with van der Waals surface area (Å²) < 4.78 is 5.40. The fourth-order valence-corrected chi connectivity index (χ4v) is 5.23. The number of fused-ring (bicyclic) bond motifs is 2. The number of benzene rings is 2. The molecule has 4 rings (SSSR count). The second-order valence-corrected chi connectivity index (χ2v) is 8.90.